The van der Waals surface area contributed by atoms with Crippen LogP contribution in [0.4, 0.5) is 0 Å². The van der Waals surface area contributed by atoms with Crippen molar-refractivity contribution in [3.63, 3.8) is 0 Å². The largest absolute Gasteiger partial charge is 0.481 e. The first kappa shape index (κ1) is 30.0. The normalized spacial score (nSPS) is 14.1. The minimum Gasteiger partial charge on any atom is -0.481 e. The molecule has 4 unspecified atom stereocenters. The Kier molecular flexibility index (Phi) is 11.4. The van der Waals surface area contributed by atoms with Gasteiger partial charge < -0.3 is 36.9 Å². The third-order valence-corrected chi connectivity index (χ3v) is 5.76. The second kappa shape index (κ2) is 14.5. The van der Waals surface area contributed by atoms with E-state index in [9.17, 15) is 29.1 Å². The minimum absolute atomic E-state index is 0.0135. The number of nitrogens with two attached hydrogens (primary N) is 1. The maximum absolute atomic E-state index is 13.1. The fourth-order valence-corrected chi connectivity index (χ4v) is 3.64. The van der Waals surface area contributed by atoms with Gasteiger partial charge in [0.25, 0.3) is 0 Å². The lowest BCUT2D eigenvalue weighted by atomic mass is 10.0. The number of amides is 3. The molecule has 0 radical (unpaired) electrons. The zero-order valence-electron chi connectivity index (χ0n) is 21.2. The maximum atomic E-state index is 13.1. The lowest BCUT2D eigenvalue weighted by Crippen LogP contribution is -2.58. The third kappa shape index (κ3) is 9.65. The van der Waals surface area contributed by atoms with E-state index in [0.29, 0.717) is 11.3 Å². The molecular formula is C25H34N6O7. The molecule has 2 aromatic rings. The van der Waals surface area contributed by atoms with Crippen molar-refractivity contribution in [1.29, 1.82) is 0 Å². The molecule has 13 nitrogen and oxygen atoms in total. The molecule has 0 saturated carbocycles. The number of hydrogen-bond acceptors (Lipinski definition) is 7. The zero-order valence-corrected chi connectivity index (χ0v) is 21.2. The highest BCUT2D eigenvalue weighted by atomic mass is 16.4. The lowest BCUT2D eigenvalue weighted by molar-refractivity contribution is -0.143. The fourth-order valence-electron chi connectivity index (χ4n) is 3.64. The van der Waals surface area contributed by atoms with Crippen LogP contribution in [0, 0.1) is 5.92 Å². The van der Waals surface area contributed by atoms with Crippen molar-refractivity contribution >= 4 is 29.7 Å². The van der Waals surface area contributed by atoms with Gasteiger partial charge in [0.15, 0.2) is 0 Å². The number of imidazole rings is 1. The molecule has 0 spiro atoms. The Bertz CT molecular complexity index is 1090. The monoisotopic (exact) mass is 530 g/mol. The molecule has 0 bridgehead atoms. The lowest BCUT2D eigenvalue weighted by Gasteiger charge is -2.27. The summed E-state index contributed by atoms with van der Waals surface area (Å²) < 4.78 is 0. The van der Waals surface area contributed by atoms with E-state index >= 15 is 0 Å². The number of hydrogen-bond donors (Lipinski definition) is 7. The summed E-state index contributed by atoms with van der Waals surface area (Å²) in [6.07, 6.45) is 2.36. The summed E-state index contributed by atoms with van der Waals surface area (Å²) in [7, 11) is 0. The molecule has 0 aliphatic rings. The molecule has 8 N–H and O–H groups in total. The Morgan fingerprint density at radius 3 is 2.13 bits per heavy atom. The van der Waals surface area contributed by atoms with Crippen LogP contribution in [0.3, 0.4) is 0 Å². The number of rotatable bonds is 15. The van der Waals surface area contributed by atoms with Gasteiger partial charge in [0.1, 0.15) is 18.1 Å². The summed E-state index contributed by atoms with van der Waals surface area (Å²) in [5.41, 5.74) is 7.26. The second-order valence-electron chi connectivity index (χ2n) is 9.20. The second-order valence-corrected chi connectivity index (χ2v) is 9.20. The number of carboxylic acid groups (broad SMARTS) is 2. The summed E-state index contributed by atoms with van der Waals surface area (Å²) in [6, 6.07) is 3.91. The topological polar surface area (TPSA) is 217 Å². The van der Waals surface area contributed by atoms with Crippen molar-refractivity contribution in [2.24, 2.45) is 11.7 Å². The molecule has 0 aliphatic heterocycles. The van der Waals surface area contributed by atoms with Crippen molar-refractivity contribution in [3.8, 4) is 0 Å². The van der Waals surface area contributed by atoms with Gasteiger partial charge in [0.2, 0.25) is 17.7 Å². The van der Waals surface area contributed by atoms with E-state index in [1.54, 1.807) is 44.2 Å². The molecule has 3 amide bonds. The molecule has 4 atom stereocenters. The maximum Gasteiger partial charge on any atom is 0.326 e. The van der Waals surface area contributed by atoms with Crippen molar-refractivity contribution in [2.75, 3.05) is 0 Å². The molecule has 0 fully saturated rings. The summed E-state index contributed by atoms with van der Waals surface area (Å²) >= 11 is 0. The SMILES string of the molecule is CC(C)C(NC(=O)C(N)Cc1cnc[nH]1)C(=O)NC(CCC(=O)O)C(=O)NC(Cc1ccccc1)C(=O)O. The van der Waals surface area contributed by atoms with E-state index < -0.39 is 66.2 Å². The van der Waals surface area contributed by atoms with Crippen molar-refractivity contribution in [3.05, 3.63) is 54.1 Å². The Labute approximate surface area is 219 Å². The molecule has 1 aromatic heterocycles. The van der Waals surface area contributed by atoms with Crippen LogP contribution in [-0.2, 0) is 36.8 Å². The molecule has 0 aliphatic carbocycles. The van der Waals surface area contributed by atoms with Crippen LogP contribution in [0.2, 0.25) is 0 Å². The quantitative estimate of drug-likeness (QED) is 0.159. The first-order valence-corrected chi connectivity index (χ1v) is 12.1. The van der Waals surface area contributed by atoms with E-state index in [4.69, 9.17) is 10.8 Å². The van der Waals surface area contributed by atoms with E-state index in [0.717, 1.165) is 0 Å². The Hall–Kier alpha value is -4.26. The van der Waals surface area contributed by atoms with E-state index in [2.05, 4.69) is 25.9 Å². The van der Waals surface area contributed by atoms with E-state index in [1.807, 2.05) is 0 Å². The minimum atomic E-state index is -1.35. The Morgan fingerprint density at radius 1 is 0.921 bits per heavy atom. The van der Waals surface area contributed by atoms with Crippen molar-refractivity contribution < 1.29 is 34.2 Å². The number of nitrogens with zero attached hydrogens (tertiary/aromatic N) is 1. The van der Waals surface area contributed by atoms with Gasteiger partial charge in [-0.3, -0.25) is 19.2 Å². The molecule has 38 heavy (non-hydrogen) atoms. The van der Waals surface area contributed by atoms with Gasteiger partial charge in [-0.1, -0.05) is 44.2 Å². The van der Waals surface area contributed by atoms with Crippen molar-refractivity contribution in [2.45, 2.75) is 63.7 Å². The highest BCUT2D eigenvalue weighted by Gasteiger charge is 2.32. The zero-order chi connectivity index (χ0) is 28.2. The summed E-state index contributed by atoms with van der Waals surface area (Å²) in [4.78, 5) is 68.4. The Balaban J connectivity index is 2.11. The molecule has 13 heteroatoms. The first-order valence-electron chi connectivity index (χ1n) is 12.1. The predicted molar refractivity (Wildman–Crippen MR) is 136 cm³/mol. The molecule has 0 saturated heterocycles. The van der Waals surface area contributed by atoms with E-state index in [-0.39, 0.29) is 19.3 Å². The van der Waals surface area contributed by atoms with Gasteiger partial charge >= 0.3 is 11.9 Å². The molecule has 206 valence electrons. The molecule has 1 heterocycles. The number of nitrogens with one attached hydrogen (secondary N) is 4. The number of aromatic nitrogens is 2. The van der Waals surface area contributed by atoms with Crippen LogP contribution >= 0.6 is 0 Å². The van der Waals surface area contributed by atoms with Gasteiger partial charge in [-0.05, 0) is 17.9 Å². The van der Waals surface area contributed by atoms with Gasteiger partial charge in [-0.15, -0.1) is 0 Å². The van der Waals surface area contributed by atoms with Gasteiger partial charge in [0.05, 0.1) is 12.4 Å². The van der Waals surface area contributed by atoms with Crippen LogP contribution in [0.25, 0.3) is 0 Å². The molecular weight excluding hydrogens is 496 g/mol. The summed E-state index contributed by atoms with van der Waals surface area (Å²) in [6.45, 7) is 3.36. The predicted octanol–water partition coefficient (Wildman–Crippen LogP) is -0.418. The number of carbonyl (C=O) groups is 5. The summed E-state index contributed by atoms with van der Waals surface area (Å²) in [5, 5.41) is 26.2. The smallest absolute Gasteiger partial charge is 0.326 e. The van der Waals surface area contributed by atoms with Crippen LogP contribution in [-0.4, -0.2) is 74.0 Å². The highest BCUT2D eigenvalue weighted by molar-refractivity contribution is 5.94. The average molecular weight is 531 g/mol. The van der Waals surface area contributed by atoms with Crippen LogP contribution < -0.4 is 21.7 Å². The first-order chi connectivity index (χ1) is 18.0. The van der Waals surface area contributed by atoms with Crippen LogP contribution in [0.15, 0.2) is 42.9 Å². The average Bonchev–Trinajstić information content (AvgIpc) is 3.37. The number of H-pyrrole nitrogens is 1. The van der Waals surface area contributed by atoms with Crippen LogP contribution in [0.5, 0.6) is 0 Å². The number of aliphatic carboxylic acids is 2. The van der Waals surface area contributed by atoms with E-state index in [1.165, 1.54) is 12.5 Å². The Morgan fingerprint density at radius 2 is 1.58 bits per heavy atom. The third-order valence-electron chi connectivity index (χ3n) is 5.76. The highest BCUT2D eigenvalue weighted by Crippen LogP contribution is 2.08. The van der Waals surface area contributed by atoms with Crippen LogP contribution in [0.1, 0.15) is 37.9 Å². The van der Waals surface area contributed by atoms with Crippen molar-refractivity contribution in [1.82, 2.24) is 25.9 Å². The van der Waals surface area contributed by atoms with Gasteiger partial charge in [-0.25, -0.2) is 9.78 Å². The number of aromatic amines is 1. The molecule has 1 aromatic carbocycles. The number of benzene rings is 1. The molecule has 2 rings (SSSR count). The fraction of sp³-hybridized carbons (Fsp3) is 0.440. The standard InChI is InChI=1S/C25H34N6O7/c1-14(2)21(31-22(34)17(26)11-16-12-27-13-28-16)24(36)29-18(8-9-20(32)33)23(35)30-19(25(37)38)10-15-6-4-3-5-7-15/h3-7,12-14,17-19,21H,8-11,26H2,1-2H3,(H,27,28)(H,29,36)(H,30,35)(H,31,34)(H,32,33)(H,37,38). The number of carboxylic acids is 2. The summed E-state index contributed by atoms with van der Waals surface area (Å²) in [5.74, 6) is -5.09. The van der Waals surface area contributed by atoms with Gasteiger partial charge in [0, 0.05) is 31.2 Å². The number of carbonyl (C=O) groups excluding carboxylic acids is 3. The van der Waals surface area contributed by atoms with Gasteiger partial charge in [-0.2, -0.15) is 0 Å².